The highest BCUT2D eigenvalue weighted by molar-refractivity contribution is 8.01. The summed E-state index contributed by atoms with van der Waals surface area (Å²) in [6.07, 6.45) is 0.430. The lowest BCUT2D eigenvalue weighted by atomic mass is 9.84. The highest BCUT2D eigenvalue weighted by atomic mass is 32.2. The first-order valence-corrected chi connectivity index (χ1v) is 13.9. The number of hydrogen-bond donors (Lipinski definition) is 2. The number of benzene rings is 1. The number of aromatic nitrogens is 1. The van der Waals surface area contributed by atoms with Crippen molar-refractivity contribution in [2.24, 2.45) is 5.16 Å². The number of methoxy groups -OCH3 is 1. The number of ether oxygens (including phenoxy) is 3. The Bertz CT molecular complexity index is 1340. The number of amides is 2. The molecule has 3 aliphatic rings. The first kappa shape index (κ1) is 27.0. The molecule has 2 aliphatic heterocycles. The molecule has 1 aromatic heterocycles. The molecule has 2 aromatic rings. The van der Waals surface area contributed by atoms with Crippen LogP contribution >= 0.6 is 23.1 Å². The summed E-state index contributed by atoms with van der Waals surface area (Å²) in [5.74, 6) is -0.965. The number of hydrogen-bond acceptors (Lipinski definition) is 12. The van der Waals surface area contributed by atoms with Gasteiger partial charge in [0.25, 0.3) is 11.8 Å². The number of rotatable bonds is 10. The number of nitrogen functional groups attached to an aromatic ring is 1. The Balaban J connectivity index is 1.33. The number of anilines is 1. The van der Waals surface area contributed by atoms with E-state index in [2.05, 4.69) is 15.5 Å². The molecule has 5 rings (SSSR count). The predicted molar refractivity (Wildman–Crippen MR) is 144 cm³/mol. The van der Waals surface area contributed by atoms with Gasteiger partial charge in [-0.15, -0.1) is 23.1 Å². The van der Waals surface area contributed by atoms with Crippen molar-refractivity contribution in [3.05, 3.63) is 52.2 Å². The zero-order chi connectivity index (χ0) is 27.7. The molecule has 0 spiro atoms. The van der Waals surface area contributed by atoms with Gasteiger partial charge in [-0.05, 0) is 36.6 Å². The molecule has 2 amide bonds. The van der Waals surface area contributed by atoms with Crippen molar-refractivity contribution in [2.45, 2.75) is 42.7 Å². The lowest BCUT2D eigenvalue weighted by Gasteiger charge is -2.55. The Hall–Kier alpha value is -3.62. The van der Waals surface area contributed by atoms with Gasteiger partial charge in [0.2, 0.25) is 0 Å². The van der Waals surface area contributed by atoms with Gasteiger partial charge in [0.1, 0.15) is 42.3 Å². The number of oxime groups is 1. The van der Waals surface area contributed by atoms with Crippen molar-refractivity contribution >= 4 is 51.7 Å². The van der Waals surface area contributed by atoms with Gasteiger partial charge in [-0.2, -0.15) is 0 Å². The number of nitrogens with zero attached hydrogens (tertiary/aromatic N) is 3. The van der Waals surface area contributed by atoms with Crippen molar-refractivity contribution in [3.63, 3.8) is 0 Å². The number of β-lactam (4-membered cyclic amide) rings is 1. The molecule has 0 bridgehead atoms. The van der Waals surface area contributed by atoms with Crippen LogP contribution in [0.5, 0.6) is 5.75 Å². The first-order chi connectivity index (χ1) is 18.9. The van der Waals surface area contributed by atoms with Gasteiger partial charge in [-0.1, -0.05) is 17.3 Å². The van der Waals surface area contributed by atoms with Crippen LogP contribution in [0.4, 0.5) is 5.13 Å². The molecule has 0 radical (unpaired) electrons. The molecule has 3 N–H and O–H groups in total. The summed E-state index contributed by atoms with van der Waals surface area (Å²) in [5, 5.41) is 7.69. The molecule has 2 fully saturated rings. The highest BCUT2D eigenvalue weighted by Gasteiger charge is 2.60. The Morgan fingerprint density at radius 2 is 2.03 bits per heavy atom. The van der Waals surface area contributed by atoms with Crippen LogP contribution in [-0.2, 0) is 35.3 Å². The normalized spacial score (nSPS) is 23.7. The topological polar surface area (TPSA) is 155 Å². The minimum atomic E-state index is -0.894. The second kappa shape index (κ2) is 11.2. The quantitative estimate of drug-likeness (QED) is 0.186. The number of carbonyl (C=O) groups is 3. The third kappa shape index (κ3) is 5.06. The van der Waals surface area contributed by atoms with E-state index in [1.54, 1.807) is 36.8 Å². The molecule has 1 aromatic carbocycles. The zero-order valence-corrected chi connectivity index (χ0v) is 23.0. The summed E-state index contributed by atoms with van der Waals surface area (Å²) in [5.41, 5.74) is 7.64. The van der Waals surface area contributed by atoms with E-state index in [9.17, 15) is 14.4 Å². The van der Waals surface area contributed by atoms with Crippen molar-refractivity contribution in [3.8, 4) is 5.75 Å². The number of carbonyl (C=O) groups excluding carboxylic acids is 3. The van der Waals surface area contributed by atoms with E-state index in [1.165, 1.54) is 23.8 Å². The summed E-state index contributed by atoms with van der Waals surface area (Å²) in [6.45, 7) is 2.46. The van der Waals surface area contributed by atoms with Crippen LogP contribution in [0.2, 0.25) is 0 Å². The smallest absolute Gasteiger partial charge is 0.355 e. The Morgan fingerprint density at radius 3 is 2.67 bits per heavy atom. The van der Waals surface area contributed by atoms with Gasteiger partial charge >= 0.3 is 5.97 Å². The van der Waals surface area contributed by atoms with Gasteiger partial charge < -0.3 is 30.1 Å². The molecule has 1 saturated heterocycles. The highest BCUT2D eigenvalue weighted by Crippen LogP contribution is 2.53. The van der Waals surface area contributed by atoms with Crippen LogP contribution in [0.1, 0.15) is 24.6 Å². The van der Waals surface area contributed by atoms with Gasteiger partial charge in [0.05, 0.1) is 18.5 Å². The SMILES string of the molecule is CCO[C@H]1CC2=C(C(=O)OCc3ccc(OC)cc3)N3C(=O)[C@@H](NC(=O)C(=NOC)c4csc(N)n4)[C@H]3S[C@H]21. The van der Waals surface area contributed by atoms with E-state index in [-0.39, 0.29) is 40.2 Å². The molecule has 14 heteroatoms. The number of nitrogens with two attached hydrogens (primary N) is 1. The molecule has 3 heterocycles. The lowest BCUT2D eigenvalue weighted by molar-refractivity contribution is -0.153. The van der Waals surface area contributed by atoms with Crippen LogP contribution < -0.4 is 15.8 Å². The largest absolute Gasteiger partial charge is 0.497 e. The van der Waals surface area contributed by atoms with Crippen LogP contribution in [0.15, 0.2) is 46.1 Å². The summed E-state index contributed by atoms with van der Waals surface area (Å²) in [4.78, 5) is 50.0. The second-order valence-corrected chi connectivity index (χ2v) is 10.9. The van der Waals surface area contributed by atoms with E-state index < -0.39 is 29.2 Å². The van der Waals surface area contributed by atoms with E-state index in [1.807, 2.05) is 6.92 Å². The van der Waals surface area contributed by atoms with Gasteiger partial charge in [-0.25, -0.2) is 9.78 Å². The first-order valence-electron chi connectivity index (χ1n) is 12.1. The Kier molecular flexibility index (Phi) is 7.77. The summed E-state index contributed by atoms with van der Waals surface area (Å²) < 4.78 is 16.6. The van der Waals surface area contributed by atoms with Gasteiger partial charge in [0.15, 0.2) is 10.8 Å². The number of nitrogens with one attached hydrogen (secondary N) is 1. The van der Waals surface area contributed by atoms with Crippen molar-refractivity contribution in [1.29, 1.82) is 0 Å². The van der Waals surface area contributed by atoms with E-state index in [4.69, 9.17) is 24.8 Å². The van der Waals surface area contributed by atoms with Gasteiger partial charge in [-0.3, -0.25) is 14.5 Å². The van der Waals surface area contributed by atoms with E-state index >= 15 is 0 Å². The number of esters is 1. The van der Waals surface area contributed by atoms with Crippen molar-refractivity contribution in [1.82, 2.24) is 15.2 Å². The average Bonchev–Trinajstić information content (AvgIpc) is 3.37. The maximum Gasteiger partial charge on any atom is 0.355 e. The monoisotopic (exact) mass is 573 g/mol. The summed E-state index contributed by atoms with van der Waals surface area (Å²) >= 11 is 2.63. The predicted octanol–water partition coefficient (Wildman–Crippen LogP) is 1.66. The summed E-state index contributed by atoms with van der Waals surface area (Å²) in [6, 6.07) is 6.27. The molecule has 4 atom stereocenters. The van der Waals surface area contributed by atoms with Crippen LogP contribution in [-0.4, -0.2) is 77.0 Å². The standard InChI is InChI=1S/C25H27N5O7S2/c1-4-36-16-9-14-19(24(33)37-10-12-5-7-13(34-2)8-6-12)30-22(32)18(23(30)39-20(14)16)28-21(31)17(29-35-3)15-11-38-25(26)27-15/h5-8,11,16,18,20,23H,4,9-10H2,1-3H3,(H2,26,27)(H,28,31)/t16-,18+,20+,23+/m0/s1. The van der Waals surface area contributed by atoms with Crippen molar-refractivity contribution in [2.75, 3.05) is 26.6 Å². The van der Waals surface area contributed by atoms with Gasteiger partial charge in [0, 0.05) is 12.0 Å². The maximum absolute atomic E-state index is 13.3. The Morgan fingerprint density at radius 1 is 1.26 bits per heavy atom. The maximum atomic E-state index is 13.3. The number of thioether (sulfide) groups is 1. The molecule has 1 aliphatic carbocycles. The van der Waals surface area contributed by atoms with Crippen LogP contribution in [0, 0.1) is 0 Å². The fraction of sp³-hybridized carbons (Fsp3) is 0.400. The van der Waals surface area contributed by atoms with Crippen LogP contribution in [0.25, 0.3) is 0 Å². The average molecular weight is 574 g/mol. The molecule has 39 heavy (non-hydrogen) atoms. The third-order valence-electron chi connectivity index (χ3n) is 6.53. The fourth-order valence-electron chi connectivity index (χ4n) is 4.61. The minimum absolute atomic E-state index is 0.0345. The molecule has 0 unspecified atom stereocenters. The van der Waals surface area contributed by atoms with E-state index in [0.29, 0.717) is 18.8 Å². The molecular formula is C25H27N5O7S2. The molecule has 12 nitrogen and oxygen atoms in total. The number of thiazole rings is 1. The molecule has 206 valence electrons. The third-order valence-corrected chi connectivity index (χ3v) is 8.85. The lowest BCUT2D eigenvalue weighted by Crippen LogP contribution is -2.73. The van der Waals surface area contributed by atoms with Crippen molar-refractivity contribution < 1.29 is 33.4 Å². The molecular weight excluding hydrogens is 546 g/mol. The zero-order valence-electron chi connectivity index (χ0n) is 21.4. The summed E-state index contributed by atoms with van der Waals surface area (Å²) in [7, 11) is 2.88. The minimum Gasteiger partial charge on any atom is -0.497 e. The molecule has 1 saturated carbocycles. The van der Waals surface area contributed by atoms with Crippen LogP contribution in [0.3, 0.4) is 0 Å². The van der Waals surface area contributed by atoms with E-state index in [0.717, 1.165) is 22.5 Å². The Labute approximate surface area is 232 Å². The second-order valence-electron chi connectivity index (χ2n) is 8.80. The fourth-order valence-corrected chi connectivity index (χ4v) is 6.86. The number of fused-ring (bicyclic) bond motifs is 2.